The van der Waals surface area contributed by atoms with E-state index in [1.807, 2.05) is 18.5 Å². The molecule has 0 N–H and O–H groups in total. The molecule has 108 valence electrons. The zero-order valence-corrected chi connectivity index (χ0v) is 12.5. The van der Waals surface area contributed by atoms with E-state index < -0.39 is 0 Å². The van der Waals surface area contributed by atoms with Crippen LogP contribution in [0.25, 0.3) is 38.3 Å². The van der Waals surface area contributed by atoms with Gasteiger partial charge in [0, 0.05) is 17.0 Å². The zero-order valence-electron chi connectivity index (χ0n) is 12.5. The number of aromatic nitrogens is 2. The third-order valence-electron chi connectivity index (χ3n) is 4.44. The maximum absolute atomic E-state index is 4.30. The van der Waals surface area contributed by atoms with E-state index in [0.29, 0.717) is 0 Å². The fourth-order valence-corrected chi connectivity index (χ4v) is 3.42. The summed E-state index contributed by atoms with van der Waals surface area (Å²) in [5.74, 6) is 0. The van der Waals surface area contributed by atoms with Gasteiger partial charge in [0.1, 0.15) is 0 Å². The SMILES string of the molecule is c1cncc(-n2c3ccccc3c3cc4ccccc4cc32)c1. The van der Waals surface area contributed by atoms with Gasteiger partial charge in [-0.2, -0.15) is 0 Å². The molecule has 3 aromatic carbocycles. The predicted molar refractivity (Wildman–Crippen MR) is 96.1 cm³/mol. The Kier molecular flexibility index (Phi) is 2.53. The molecule has 0 spiro atoms. The van der Waals surface area contributed by atoms with Gasteiger partial charge >= 0.3 is 0 Å². The smallest absolute Gasteiger partial charge is 0.0645 e. The van der Waals surface area contributed by atoms with Crippen LogP contribution in [-0.2, 0) is 0 Å². The van der Waals surface area contributed by atoms with Gasteiger partial charge in [0.15, 0.2) is 0 Å². The maximum Gasteiger partial charge on any atom is 0.0645 e. The lowest BCUT2D eigenvalue weighted by Crippen LogP contribution is -1.93. The maximum atomic E-state index is 4.30. The molecular formula is C21H14N2. The van der Waals surface area contributed by atoms with Crippen molar-refractivity contribution in [3.05, 3.63) is 85.2 Å². The first-order valence-electron chi connectivity index (χ1n) is 7.74. The summed E-state index contributed by atoms with van der Waals surface area (Å²) in [4.78, 5) is 4.30. The molecule has 2 aromatic heterocycles. The summed E-state index contributed by atoms with van der Waals surface area (Å²) in [7, 11) is 0. The van der Waals surface area contributed by atoms with Crippen LogP contribution in [0.5, 0.6) is 0 Å². The molecule has 0 aliphatic rings. The van der Waals surface area contributed by atoms with E-state index >= 15 is 0 Å². The quantitative estimate of drug-likeness (QED) is 0.408. The molecule has 5 rings (SSSR count). The average molecular weight is 294 g/mol. The molecule has 0 radical (unpaired) electrons. The van der Waals surface area contributed by atoms with Crippen LogP contribution in [0.4, 0.5) is 0 Å². The molecule has 0 aliphatic carbocycles. The highest BCUT2D eigenvalue weighted by atomic mass is 15.0. The fraction of sp³-hybridized carbons (Fsp3) is 0. The minimum Gasteiger partial charge on any atom is -0.308 e. The lowest BCUT2D eigenvalue weighted by molar-refractivity contribution is 1.14. The number of rotatable bonds is 1. The van der Waals surface area contributed by atoms with Gasteiger partial charge in [-0.25, -0.2) is 0 Å². The van der Waals surface area contributed by atoms with E-state index in [9.17, 15) is 0 Å². The minimum atomic E-state index is 1.09. The minimum absolute atomic E-state index is 1.09. The second-order valence-corrected chi connectivity index (χ2v) is 5.78. The van der Waals surface area contributed by atoms with Crippen molar-refractivity contribution in [3.8, 4) is 5.69 Å². The van der Waals surface area contributed by atoms with Crippen molar-refractivity contribution in [2.45, 2.75) is 0 Å². The number of nitrogens with zero attached hydrogens (tertiary/aromatic N) is 2. The van der Waals surface area contributed by atoms with Gasteiger partial charge in [-0.3, -0.25) is 4.98 Å². The van der Waals surface area contributed by atoms with Crippen molar-refractivity contribution in [1.29, 1.82) is 0 Å². The van der Waals surface area contributed by atoms with E-state index in [0.717, 1.165) is 5.69 Å². The van der Waals surface area contributed by atoms with Crippen LogP contribution in [0.15, 0.2) is 85.2 Å². The third kappa shape index (κ3) is 1.78. The van der Waals surface area contributed by atoms with E-state index in [1.54, 1.807) is 0 Å². The van der Waals surface area contributed by atoms with Crippen molar-refractivity contribution in [2.75, 3.05) is 0 Å². The number of benzene rings is 3. The Morgan fingerprint density at radius 1 is 0.652 bits per heavy atom. The first-order valence-corrected chi connectivity index (χ1v) is 7.74. The normalized spacial score (nSPS) is 11.5. The molecule has 23 heavy (non-hydrogen) atoms. The second kappa shape index (κ2) is 4.68. The lowest BCUT2D eigenvalue weighted by Gasteiger charge is -2.07. The third-order valence-corrected chi connectivity index (χ3v) is 4.44. The highest BCUT2D eigenvalue weighted by Crippen LogP contribution is 2.34. The summed E-state index contributed by atoms with van der Waals surface area (Å²) >= 11 is 0. The number of hydrogen-bond acceptors (Lipinski definition) is 1. The number of fused-ring (bicyclic) bond motifs is 4. The monoisotopic (exact) mass is 294 g/mol. The molecule has 2 heteroatoms. The average Bonchev–Trinajstić information content (AvgIpc) is 2.94. The lowest BCUT2D eigenvalue weighted by atomic mass is 10.1. The summed E-state index contributed by atoms with van der Waals surface area (Å²) < 4.78 is 2.30. The summed E-state index contributed by atoms with van der Waals surface area (Å²) in [6.07, 6.45) is 3.73. The Labute approximate surface area is 133 Å². The van der Waals surface area contributed by atoms with Gasteiger partial charge in [0.2, 0.25) is 0 Å². The first kappa shape index (κ1) is 12.4. The van der Waals surface area contributed by atoms with Crippen LogP contribution in [0.1, 0.15) is 0 Å². The zero-order chi connectivity index (χ0) is 15.2. The molecule has 2 heterocycles. The molecule has 0 atom stereocenters. The van der Waals surface area contributed by atoms with Crippen molar-refractivity contribution >= 4 is 32.6 Å². The van der Waals surface area contributed by atoms with Gasteiger partial charge < -0.3 is 4.57 Å². The van der Waals surface area contributed by atoms with Gasteiger partial charge in [-0.1, -0.05) is 42.5 Å². The van der Waals surface area contributed by atoms with Crippen LogP contribution in [-0.4, -0.2) is 9.55 Å². The van der Waals surface area contributed by atoms with Crippen LogP contribution < -0.4 is 0 Å². The highest BCUT2D eigenvalue weighted by Gasteiger charge is 2.12. The standard InChI is InChI=1S/C21H14N2/c1-2-7-16-13-21-19(12-15(16)6-1)18-9-3-4-10-20(18)23(21)17-8-5-11-22-14-17/h1-14H. The Hall–Kier alpha value is -3.13. The van der Waals surface area contributed by atoms with Crippen molar-refractivity contribution in [3.63, 3.8) is 0 Å². The fourth-order valence-electron chi connectivity index (χ4n) is 3.42. The molecule has 0 aliphatic heterocycles. The van der Waals surface area contributed by atoms with Crippen LogP contribution >= 0.6 is 0 Å². The molecular weight excluding hydrogens is 280 g/mol. The number of para-hydroxylation sites is 1. The second-order valence-electron chi connectivity index (χ2n) is 5.78. The van der Waals surface area contributed by atoms with Crippen molar-refractivity contribution < 1.29 is 0 Å². The van der Waals surface area contributed by atoms with Gasteiger partial charge in [0.05, 0.1) is 22.9 Å². The first-order chi connectivity index (χ1) is 11.4. The summed E-state index contributed by atoms with van der Waals surface area (Å²) in [5, 5.41) is 5.09. The molecule has 0 bridgehead atoms. The van der Waals surface area contributed by atoms with Crippen molar-refractivity contribution in [1.82, 2.24) is 9.55 Å². The van der Waals surface area contributed by atoms with Crippen molar-refractivity contribution in [2.24, 2.45) is 0 Å². The molecule has 0 fully saturated rings. The molecule has 0 saturated heterocycles. The Morgan fingerprint density at radius 3 is 2.26 bits per heavy atom. The summed E-state index contributed by atoms with van der Waals surface area (Å²) in [5.41, 5.74) is 3.53. The highest BCUT2D eigenvalue weighted by molar-refractivity contribution is 6.13. The van der Waals surface area contributed by atoms with E-state index in [1.165, 1.54) is 32.6 Å². The van der Waals surface area contributed by atoms with Gasteiger partial charge in [0.25, 0.3) is 0 Å². The predicted octanol–water partition coefficient (Wildman–Crippen LogP) is 5.33. The van der Waals surface area contributed by atoms with E-state index in [4.69, 9.17) is 0 Å². The van der Waals surface area contributed by atoms with Gasteiger partial charge in [-0.15, -0.1) is 0 Å². The Bertz CT molecular complexity index is 1150. The largest absolute Gasteiger partial charge is 0.308 e. The molecule has 5 aromatic rings. The van der Waals surface area contributed by atoms with Gasteiger partial charge in [-0.05, 0) is 41.1 Å². The number of pyridine rings is 1. The summed E-state index contributed by atoms with van der Waals surface area (Å²) in [6, 6.07) is 25.7. The number of hydrogen-bond donors (Lipinski definition) is 0. The molecule has 2 nitrogen and oxygen atoms in total. The topological polar surface area (TPSA) is 17.8 Å². The van der Waals surface area contributed by atoms with Crippen LogP contribution in [0.2, 0.25) is 0 Å². The van der Waals surface area contributed by atoms with E-state index in [-0.39, 0.29) is 0 Å². The Balaban J connectivity index is 2.03. The summed E-state index contributed by atoms with van der Waals surface area (Å²) in [6.45, 7) is 0. The molecule has 0 amide bonds. The van der Waals surface area contributed by atoms with Crippen LogP contribution in [0, 0.1) is 0 Å². The van der Waals surface area contributed by atoms with E-state index in [2.05, 4.69) is 76.3 Å². The Morgan fingerprint density at radius 2 is 1.43 bits per heavy atom. The van der Waals surface area contributed by atoms with Crippen LogP contribution in [0.3, 0.4) is 0 Å². The molecule has 0 saturated carbocycles. The molecule has 0 unspecified atom stereocenters.